The van der Waals surface area contributed by atoms with Crippen molar-refractivity contribution in [2.45, 2.75) is 25.9 Å². The third-order valence-electron chi connectivity index (χ3n) is 5.50. The number of carbonyl (C=O) groups excluding carboxylic acids is 1. The zero-order valence-electron chi connectivity index (χ0n) is 16.9. The number of amides is 1. The number of carbonyl (C=O) groups is 1. The lowest BCUT2D eigenvalue weighted by Crippen LogP contribution is -2.43. The topological polar surface area (TPSA) is 67.2 Å². The summed E-state index contributed by atoms with van der Waals surface area (Å²) in [6, 6.07) is 21.3. The lowest BCUT2D eigenvalue weighted by Gasteiger charge is -2.33. The fraction of sp³-hybridized carbons (Fsp3) is 0.292. The normalized spacial score (nSPS) is 16.3. The molecule has 30 heavy (non-hydrogen) atoms. The molecular formula is C24H26N4O2. The first kappa shape index (κ1) is 19.9. The second kappa shape index (κ2) is 9.39. The third kappa shape index (κ3) is 4.95. The van der Waals surface area contributed by atoms with Crippen molar-refractivity contribution in [3.63, 3.8) is 0 Å². The number of nitrogens with one attached hydrogen (secondary N) is 1. The van der Waals surface area contributed by atoms with E-state index in [2.05, 4.69) is 15.3 Å². The van der Waals surface area contributed by atoms with E-state index in [-0.39, 0.29) is 17.4 Å². The Bertz CT molecular complexity index is 1030. The molecule has 0 saturated carbocycles. The second-order valence-electron chi connectivity index (χ2n) is 7.68. The molecule has 0 spiro atoms. The summed E-state index contributed by atoms with van der Waals surface area (Å²) < 4.78 is 1.47. The molecule has 2 aromatic carbocycles. The Morgan fingerprint density at radius 1 is 1.03 bits per heavy atom. The Labute approximate surface area is 176 Å². The zero-order chi connectivity index (χ0) is 20.8. The molecule has 1 amide bonds. The van der Waals surface area contributed by atoms with E-state index in [0.717, 1.165) is 36.2 Å². The van der Waals surface area contributed by atoms with Crippen LogP contribution in [-0.2, 0) is 17.9 Å². The summed E-state index contributed by atoms with van der Waals surface area (Å²) in [5.74, 6) is -0.0249. The molecule has 1 atom stereocenters. The number of anilines is 1. The largest absolute Gasteiger partial charge is 0.369 e. The molecule has 6 heteroatoms. The number of hydrogen-bond acceptors (Lipinski definition) is 4. The molecule has 0 unspecified atom stereocenters. The zero-order valence-corrected chi connectivity index (χ0v) is 16.9. The Hall–Kier alpha value is -3.41. The van der Waals surface area contributed by atoms with Crippen LogP contribution in [0.3, 0.4) is 0 Å². The van der Waals surface area contributed by atoms with Crippen molar-refractivity contribution in [1.82, 2.24) is 15.1 Å². The van der Waals surface area contributed by atoms with E-state index < -0.39 is 0 Å². The molecule has 1 aliphatic heterocycles. The quantitative estimate of drug-likeness (QED) is 0.689. The molecule has 1 aromatic heterocycles. The maximum absolute atomic E-state index is 12.7. The van der Waals surface area contributed by atoms with Crippen LogP contribution in [0.1, 0.15) is 24.0 Å². The molecule has 1 fully saturated rings. The van der Waals surface area contributed by atoms with Gasteiger partial charge in [-0.1, -0.05) is 60.7 Å². The molecule has 1 N–H and O–H groups in total. The molecule has 0 aliphatic carbocycles. The van der Waals surface area contributed by atoms with Crippen LogP contribution in [0.2, 0.25) is 0 Å². The van der Waals surface area contributed by atoms with Gasteiger partial charge in [0.15, 0.2) is 0 Å². The van der Waals surface area contributed by atoms with Gasteiger partial charge in [0.2, 0.25) is 5.91 Å². The summed E-state index contributed by atoms with van der Waals surface area (Å²) in [5, 5.41) is 7.40. The SMILES string of the molecule is O=C(NCc1ccccc1)[C@H]1CCCN(c2cnn(Cc3ccccc3)c(=O)c2)C1. The summed E-state index contributed by atoms with van der Waals surface area (Å²) in [6.07, 6.45) is 3.50. The molecule has 2 heterocycles. The predicted molar refractivity (Wildman–Crippen MR) is 117 cm³/mol. The number of hydrogen-bond donors (Lipinski definition) is 1. The maximum Gasteiger partial charge on any atom is 0.269 e. The summed E-state index contributed by atoms with van der Waals surface area (Å²) in [5.41, 5.74) is 2.77. The highest BCUT2D eigenvalue weighted by Gasteiger charge is 2.26. The van der Waals surface area contributed by atoms with Gasteiger partial charge in [0, 0.05) is 25.7 Å². The standard InChI is InChI=1S/C24H26N4O2/c29-23-14-22(16-26-28(23)17-20-10-5-2-6-11-20)27-13-7-12-21(18-27)24(30)25-15-19-8-3-1-4-9-19/h1-6,8-11,14,16,21H,7,12-13,15,17-18H2,(H,25,30)/t21-/m0/s1. The summed E-state index contributed by atoms with van der Waals surface area (Å²) in [6.45, 7) is 2.41. The maximum atomic E-state index is 12.7. The number of piperidine rings is 1. The molecule has 4 rings (SSSR count). The first-order valence-electron chi connectivity index (χ1n) is 10.4. The van der Waals surface area contributed by atoms with Gasteiger partial charge in [0.25, 0.3) is 5.56 Å². The highest BCUT2D eigenvalue weighted by Crippen LogP contribution is 2.22. The van der Waals surface area contributed by atoms with Crippen molar-refractivity contribution >= 4 is 11.6 Å². The van der Waals surface area contributed by atoms with E-state index in [9.17, 15) is 9.59 Å². The Kier molecular flexibility index (Phi) is 6.23. The minimum absolute atomic E-state index is 0.0638. The van der Waals surface area contributed by atoms with Crippen LogP contribution in [0, 0.1) is 5.92 Å². The van der Waals surface area contributed by atoms with Crippen LogP contribution in [0.25, 0.3) is 0 Å². The third-order valence-corrected chi connectivity index (χ3v) is 5.50. The Balaban J connectivity index is 1.38. The van der Waals surface area contributed by atoms with Gasteiger partial charge in [-0.15, -0.1) is 0 Å². The minimum Gasteiger partial charge on any atom is -0.369 e. The minimum atomic E-state index is -0.132. The molecule has 0 radical (unpaired) electrons. The first-order valence-corrected chi connectivity index (χ1v) is 10.4. The van der Waals surface area contributed by atoms with Crippen molar-refractivity contribution in [2.24, 2.45) is 5.92 Å². The van der Waals surface area contributed by atoms with Crippen molar-refractivity contribution in [1.29, 1.82) is 0 Å². The van der Waals surface area contributed by atoms with Gasteiger partial charge in [-0.3, -0.25) is 9.59 Å². The van der Waals surface area contributed by atoms with Gasteiger partial charge in [-0.05, 0) is 24.0 Å². The summed E-state index contributed by atoms with van der Waals surface area (Å²) in [4.78, 5) is 27.3. The molecule has 0 bridgehead atoms. The number of benzene rings is 2. The van der Waals surface area contributed by atoms with E-state index in [0.29, 0.717) is 19.6 Å². The average Bonchev–Trinajstić information content (AvgIpc) is 2.80. The van der Waals surface area contributed by atoms with E-state index >= 15 is 0 Å². The van der Waals surface area contributed by atoms with Crippen LogP contribution < -0.4 is 15.8 Å². The summed E-state index contributed by atoms with van der Waals surface area (Å²) in [7, 11) is 0. The molecule has 1 aliphatic rings. The van der Waals surface area contributed by atoms with E-state index in [1.807, 2.05) is 60.7 Å². The number of nitrogens with zero attached hydrogens (tertiary/aromatic N) is 3. The fourth-order valence-electron chi connectivity index (χ4n) is 3.83. The van der Waals surface area contributed by atoms with Crippen molar-refractivity contribution in [3.8, 4) is 0 Å². The number of aromatic nitrogens is 2. The van der Waals surface area contributed by atoms with Crippen LogP contribution >= 0.6 is 0 Å². The van der Waals surface area contributed by atoms with Gasteiger partial charge >= 0.3 is 0 Å². The van der Waals surface area contributed by atoms with Gasteiger partial charge in [-0.25, -0.2) is 4.68 Å². The highest BCUT2D eigenvalue weighted by molar-refractivity contribution is 5.79. The van der Waals surface area contributed by atoms with Gasteiger partial charge in [0.1, 0.15) is 0 Å². The molecular weight excluding hydrogens is 376 g/mol. The van der Waals surface area contributed by atoms with Gasteiger partial charge < -0.3 is 10.2 Å². The Morgan fingerprint density at radius 3 is 2.43 bits per heavy atom. The predicted octanol–water partition coefficient (Wildman–Crippen LogP) is 2.82. The molecule has 6 nitrogen and oxygen atoms in total. The van der Waals surface area contributed by atoms with Gasteiger partial charge in [-0.2, -0.15) is 5.10 Å². The van der Waals surface area contributed by atoms with Crippen molar-refractivity contribution in [3.05, 3.63) is 94.4 Å². The highest BCUT2D eigenvalue weighted by atomic mass is 16.2. The number of rotatable bonds is 6. The molecule has 1 saturated heterocycles. The van der Waals surface area contributed by atoms with E-state index in [4.69, 9.17) is 0 Å². The Morgan fingerprint density at radius 2 is 1.73 bits per heavy atom. The fourth-order valence-corrected chi connectivity index (χ4v) is 3.83. The second-order valence-corrected chi connectivity index (χ2v) is 7.68. The van der Waals surface area contributed by atoms with E-state index in [1.165, 1.54) is 4.68 Å². The van der Waals surface area contributed by atoms with Crippen LogP contribution in [0.4, 0.5) is 5.69 Å². The lowest BCUT2D eigenvalue weighted by atomic mass is 9.96. The van der Waals surface area contributed by atoms with Crippen LogP contribution in [0.5, 0.6) is 0 Å². The smallest absolute Gasteiger partial charge is 0.269 e. The lowest BCUT2D eigenvalue weighted by molar-refractivity contribution is -0.125. The monoisotopic (exact) mass is 402 g/mol. The molecule has 3 aromatic rings. The van der Waals surface area contributed by atoms with Crippen LogP contribution in [-0.4, -0.2) is 28.8 Å². The van der Waals surface area contributed by atoms with Crippen molar-refractivity contribution < 1.29 is 4.79 Å². The van der Waals surface area contributed by atoms with E-state index in [1.54, 1.807) is 12.3 Å². The van der Waals surface area contributed by atoms with Gasteiger partial charge in [0.05, 0.1) is 24.3 Å². The average molecular weight is 402 g/mol. The molecule has 154 valence electrons. The van der Waals surface area contributed by atoms with Crippen LogP contribution in [0.15, 0.2) is 77.7 Å². The summed E-state index contributed by atoms with van der Waals surface area (Å²) >= 11 is 0. The first-order chi connectivity index (χ1) is 14.7. The van der Waals surface area contributed by atoms with Crippen molar-refractivity contribution in [2.75, 3.05) is 18.0 Å².